The highest BCUT2D eigenvalue weighted by molar-refractivity contribution is 9.10. The molecule has 0 radical (unpaired) electrons. The first-order valence-corrected chi connectivity index (χ1v) is 8.13. The van der Waals surface area contributed by atoms with Crippen molar-refractivity contribution in [2.75, 3.05) is 0 Å². The van der Waals surface area contributed by atoms with Gasteiger partial charge < -0.3 is 10.4 Å². The second-order valence-electron chi connectivity index (χ2n) is 5.84. The largest absolute Gasteiger partial charge is 0.481 e. The summed E-state index contributed by atoms with van der Waals surface area (Å²) in [5.41, 5.74) is 1.01. The SMILES string of the molecule is O=C(O)C1C2CCC(C2)C1NCc1cc(Br)ccc1Cl. The number of halogens is 2. The molecule has 2 N–H and O–H groups in total. The van der Waals surface area contributed by atoms with E-state index in [-0.39, 0.29) is 12.0 Å². The zero-order valence-corrected chi connectivity index (χ0v) is 13.3. The molecule has 3 rings (SSSR count). The highest BCUT2D eigenvalue weighted by atomic mass is 79.9. The molecule has 0 saturated heterocycles. The normalized spacial score (nSPS) is 31.7. The van der Waals surface area contributed by atoms with E-state index in [0.29, 0.717) is 18.4 Å². The quantitative estimate of drug-likeness (QED) is 0.863. The molecule has 0 aliphatic heterocycles. The smallest absolute Gasteiger partial charge is 0.308 e. The molecule has 4 unspecified atom stereocenters. The standard InChI is InChI=1S/C15H17BrClNO2/c16-11-3-4-12(17)10(6-11)7-18-14-9-2-1-8(5-9)13(14)15(19)20/h3-4,6,8-9,13-14,18H,1-2,5,7H2,(H,19,20). The Labute approximate surface area is 131 Å². The summed E-state index contributed by atoms with van der Waals surface area (Å²) in [7, 11) is 0. The first-order valence-electron chi connectivity index (χ1n) is 6.96. The number of aliphatic carboxylic acids is 1. The van der Waals surface area contributed by atoms with Gasteiger partial charge in [-0.15, -0.1) is 0 Å². The van der Waals surface area contributed by atoms with E-state index >= 15 is 0 Å². The molecule has 5 heteroatoms. The monoisotopic (exact) mass is 357 g/mol. The van der Waals surface area contributed by atoms with Crippen LogP contribution < -0.4 is 5.32 Å². The van der Waals surface area contributed by atoms with E-state index in [1.165, 1.54) is 0 Å². The fraction of sp³-hybridized carbons (Fsp3) is 0.533. The van der Waals surface area contributed by atoms with Gasteiger partial charge in [0.1, 0.15) is 0 Å². The van der Waals surface area contributed by atoms with E-state index in [1.807, 2.05) is 18.2 Å². The average Bonchev–Trinajstić information content (AvgIpc) is 3.00. The molecule has 1 aromatic carbocycles. The molecular formula is C15H17BrClNO2. The molecule has 108 valence electrons. The van der Waals surface area contributed by atoms with Crippen molar-refractivity contribution in [2.45, 2.75) is 31.8 Å². The lowest BCUT2D eigenvalue weighted by molar-refractivity contribution is -0.144. The number of carboxylic acids is 1. The second kappa shape index (κ2) is 5.66. The van der Waals surface area contributed by atoms with Gasteiger partial charge in [0.05, 0.1) is 5.92 Å². The molecule has 2 bridgehead atoms. The number of hydrogen-bond donors (Lipinski definition) is 2. The number of hydrogen-bond acceptors (Lipinski definition) is 2. The van der Waals surface area contributed by atoms with Gasteiger partial charge in [0.2, 0.25) is 0 Å². The molecule has 3 nitrogen and oxygen atoms in total. The lowest BCUT2D eigenvalue weighted by Crippen LogP contribution is -2.43. The van der Waals surface area contributed by atoms with Crippen LogP contribution in [0.5, 0.6) is 0 Å². The van der Waals surface area contributed by atoms with Gasteiger partial charge in [0.25, 0.3) is 0 Å². The fourth-order valence-electron chi connectivity index (χ4n) is 3.85. The predicted molar refractivity (Wildman–Crippen MR) is 81.7 cm³/mol. The third kappa shape index (κ3) is 2.61. The van der Waals surface area contributed by atoms with Crippen molar-refractivity contribution in [3.63, 3.8) is 0 Å². The van der Waals surface area contributed by atoms with Crippen LogP contribution in [0.1, 0.15) is 24.8 Å². The summed E-state index contributed by atoms with van der Waals surface area (Å²) in [5, 5.41) is 13.6. The highest BCUT2D eigenvalue weighted by Gasteiger charge is 2.50. The number of carbonyl (C=O) groups is 1. The molecule has 0 heterocycles. The Balaban J connectivity index is 1.71. The maximum absolute atomic E-state index is 11.5. The first-order chi connectivity index (χ1) is 9.56. The third-order valence-corrected chi connectivity index (χ3v) is 5.60. The third-order valence-electron chi connectivity index (χ3n) is 4.74. The van der Waals surface area contributed by atoms with E-state index < -0.39 is 5.97 Å². The van der Waals surface area contributed by atoms with Gasteiger partial charge in [-0.1, -0.05) is 27.5 Å². The van der Waals surface area contributed by atoms with Gasteiger partial charge in [-0.2, -0.15) is 0 Å². The molecule has 20 heavy (non-hydrogen) atoms. The predicted octanol–water partition coefficient (Wildman–Crippen LogP) is 3.69. The van der Waals surface area contributed by atoms with Gasteiger partial charge >= 0.3 is 5.97 Å². The van der Waals surface area contributed by atoms with Crippen LogP contribution in [-0.2, 0) is 11.3 Å². The second-order valence-corrected chi connectivity index (χ2v) is 7.16. The number of nitrogens with one attached hydrogen (secondary N) is 1. The number of benzene rings is 1. The lowest BCUT2D eigenvalue weighted by atomic mass is 9.84. The Morgan fingerprint density at radius 3 is 2.90 bits per heavy atom. The van der Waals surface area contributed by atoms with Crippen LogP contribution in [0.25, 0.3) is 0 Å². The zero-order chi connectivity index (χ0) is 14.3. The Morgan fingerprint density at radius 1 is 1.40 bits per heavy atom. The molecule has 0 amide bonds. The minimum Gasteiger partial charge on any atom is -0.481 e. The Bertz CT molecular complexity index is 537. The summed E-state index contributed by atoms with van der Waals surface area (Å²) in [6, 6.07) is 5.83. The molecule has 2 saturated carbocycles. The van der Waals surface area contributed by atoms with Gasteiger partial charge in [-0.3, -0.25) is 4.79 Å². The van der Waals surface area contributed by atoms with Crippen LogP contribution in [0.4, 0.5) is 0 Å². The van der Waals surface area contributed by atoms with Gasteiger partial charge in [-0.05, 0) is 54.9 Å². The van der Waals surface area contributed by atoms with E-state index in [2.05, 4.69) is 21.2 Å². The van der Waals surface area contributed by atoms with Gasteiger partial charge in [-0.25, -0.2) is 0 Å². The maximum Gasteiger partial charge on any atom is 0.308 e. The molecule has 4 atom stereocenters. The summed E-state index contributed by atoms with van der Waals surface area (Å²) in [4.78, 5) is 11.5. The topological polar surface area (TPSA) is 49.3 Å². The summed E-state index contributed by atoms with van der Waals surface area (Å²) >= 11 is 9.62. The molecule has 2 aliphatic carbocycles. The minimum atomic E-state index is -0.657. The van der Waals surface area contributed by atoms with E-state index in [0.717, 1.165) is 34.3 Å². The molecule has 0 aromatic heterocycles. The summed E-state index contributed by atoms with van der Waals surface area (Å²) in [5.74, 6) is -0.0327. The number of fused-ring (bicyclic) bond motifs is 2. The number of carboxylic acid groups (broad SMARTS) is 1. The minimum absolute atomic E-state index is 0.0845. The van der Waals surface area contributed by atoms with Crippen molar-refractivity contribution in [1.29, 1.82) is 0 Å². The van der Waals surface area contributed by atoms with Crippen LogP contribution in [0.15, 0.2) is 22.7 Å². The van der Waals surface area contributed by atoms with Crippen LogP contribution in [0, 0.1) is 17.8 Å². The van der Waals surface area contributed by atoms with Gasteiger partial charge in [0, 0.05) is 22.1 Å². The maximum atomic E-state index is 11.5. The summed E-state index contributed by atoms with van der Waals surface area (Å²) < 4.78 is 0.987. The molecular weight excluding hydrogens is 342 g/mol. The van der Waals surface area contributed by atoms with Crippen LogP contribution in [0.3, 0.4) is 0 Å². The van der Waals surface area contributed by atoms with Crippen LogP contribution in [-0.4, -0.2) is 17.1 Å². The van der Waals surface area contributed by atoms with Crippen molar-refractivity contribution in [2.24, 2.45) is 17.8 Å². The average molecular weight is 359 g/mol. The van der Waals surface area contributed by atoms with Crippen molar-refractivity contribution >= 4 is 33.5 Å². The van der Waals surface area contributed by atoms with Crippen molar-refractivity contribution in [1.82, 2.24) is 5.32 Å². The first kappa shape index (κ1) is 14.4. The highest BCUT2D eigenvalue weighted by Crippen LogP contribution is 2.48. The number of rotatable bonds is 4. The van der Waals surface area contributed by atoms with Gasteiger partial charge in [0.15, 0.2) is 0 Å². The van der Waals surface area contributed by atoms with Crippen LogP contribution >= 0.6 is 27.5 Å². The molecule has 1 aromatic rings. The lowest BCUT2D eigenvalue weighted by Gasteiger charge is -2.29. The van der Waals surface area contributed by atoms with E-state index in [9.17, 15) is 9.90 Å². The van der Waals surface area contributed by atoms with E-state index in [1.54, 1.807) is 0 Å². The fourth-order valence-corrected chi connectivity index (χ4v) is 4.44. The zero-order valence-electron chi connectivity index (χ0n) is 11.0. The molecule has 2 aliphatic rings. The Morgan fingerprint density at radius 2 is 2.15 bits per heavy atom. The summed E-state index contributed by atoms with van der Waals surface area (Å²) in [6.45, 7) is 0.621. The molecule has 2 fully saturated rings. The van der Waals surface area contributed by atoms with Crippen molar-refractivity contribution in [3.05, 3.63) is 33.3 Å². The van der Waals surface area contributed by atoms with Crippen molar-refractivity contribution in [3.8, 4) is 0 Å². The van der Waals surface area contributed by atoms with E-state index in [4.69, 9.17) is 11.6 Å². The Hall–Kier alpha value is -0.580. The molecule has 0 spiro atoms. The Kier molecular flexibility index (Phi) is 4.07. The van der Waals surface area contributed by atoms with Crippen molar-refractivity contribution < 1.29 is 9.90 Å². The summed E-state index contributed by atoms with van der Waals surface area (Å²) in [6.07, 6.45) is 3.27. The van der Waals surface area contributed by atoms with Crippen LogP contribution in [0.2, 0.25) is 5.02 Å².